The van der Waals surface area contributed by atoms with Crippen LogP contribution in [0.1, 0.15) is 6.92 Å². The first-order chi connectivity index (χ1) is 5.14. The Morgan fingerprint density at radius 1 is 1.82 bits per heavy atom. The first-order valence-electron chi connectivity index (χ1n) is 3.01. The molecule has 1 unspecified atom stereocenters. The van der Waals surface area contributed by atoms with E-state index in [0.717, 1.165) is 0 Å². The number of nitrogens with one attached hydrogen (secondary N) is 1. The van der Waals surface area contributed by atoms with Gasteiger partial charge in [0.25, 0.3) is 0 Å². The molecule has 1 atom stereocenters. The Labute approximate surface area is 65.2 Å². The van der Waals surface area contributed by atoms with Gasteiger partial charge in [0, 0.05) is 11.4 Å². The minimum Gasteiger partial charge on any atom is -0.448 e. The molecule has 0 aromatic carbocycles. The molecule has 11 heavy (non-hydrogen) atoms. The Bertz CT molecular complexity index is 322. The number of anilines is 1. The van der Waals surface area contributed by atoms with Gasteiger partial charge in [-0.1, -0.05) is 0 Å². The SMILES string of the molecule is CC=S(=O)(O)Nc1ccco1. The largest absolute Gasteiger partial charge is 0.448 e. The van der Waals surface area contributed by atoms with Crippen LogP contribution >= 0.6 is 0 Å². The summed E-state index contributed by atoms with van der Waals surface area (Å²) in [5.41, 5.74) is 0. The zero-order chi connectivity index (χ0) is 8.32. The van der Waals surface area contributed by atoms with Gasteiger partial charge in [-0.2, -0.15) is 0 Å². The van der Waals surface area contributed by atoms with Crippen molar-refractivity contribution in [2.45, 2.75) is 6.92 Å². The molecule has 62 valence electrons. The molecule has 0 saturated heterocycles. The summed E-state index contributed by atoms with van der Waals surface area (Å²) in [6.07, 6.45) is 1.42. The molecule has 4 nitrogen and oxygen atoms in total. The van der Waals surface area contributed by atoms with Gasteiger partial charge < -0.3 is 4.42 Å². The molecule has 0 aliphatic rings. The van der Waals surface area contributed by atoms with Crippen molar-refractivity contribution >= 4 is 21.2 Å². The maximum atomic E-state index is 11.0. The van der Waals surface area contributed by atoms with Crippen molar-refractivity contribution < 1.29 is 13.2 Å². The summed E-state index contributed by atoms with van der Waals surface area (Å²) < 4.78 is 27.1. The average molecular weight is 175 g/mol. The topological polar surface area (TPSA) is 62.5 Å². The molecule has 5 heteroatoms. The number of hydrogen-bond acceptors (Lipinski definition) is 2. The molecule has 0 aliphatic heterocycles. The van der Waals surface area contributed by atoms with Gasteiger partial charge in [0.15, 0.2) is 9.99 Å². The highest BCUT2D eigenvalue weighted by atomic mass is 32.2. The van der Waals surface area contributed by atoms with Crippen molar-refractivity contribution in [3.05, 3.63) is 18.4 Å². The lowest BCUT2D eigenvalue weighted by molar-refractivity contribution is 0.555. The summed E-state index contributed by atoms with van der Waals surface area (Å²) in [7, 11) is -3.06. The Hall–Kier alpha value is -0.940. The third-order valence-corrected chi connectivity index (χ3v) is 2.22. The molecule has 0 radical (unpaired) electrons. The summed E-state index contributed by atoms with van der Waals surface area (Å²) in [4.78, 5) is 0. The quantitative estimate of drug-likeness (QED) is 0.663. The van der Waals surface area contributed by atoms with Gasteiger partial charge in [0.1, 0.15) is 0 Å². The van der Waals surface area contributed by atoms with Gasteiger partial charge in [-0.05, 0) is 13.0 Å². The van der Waals surface area contributed by atoms with Gasteiger partial charge >= 0.3 is 0 Å². The fourth-order valence-corrected chi connectivity index (χ4v) is 1.06. The summed E-state index contributed by atoms with van der Waals surface area (Å²) in [5, 5.41) is 1.18. The lowest BCUT2D eigenvalue weighted by atomic mass is 10.6. The molecule has 1 aromatic rings. The lowest BCUT2D eigenvalue weighted by Crippen LogP contribution is -2.11. The first-order valence-corrected chi connectivity index (χ1v) is 4.59. The Morgan fingerprint density at radius 3 is 3.00 bits per heavy atom. The van der Waals surface area contributed by atoms with Crippen molar-refractivity contribution in [3.8, 4) is 0 Å². The van der Waals surface area contributed by atoms with E-state index in [9.17, 15) is 4.21 Å². The van der Waals surface area contributed by atoms with Crippen LogP contribution in [0, 0.1) is 0 Å². The maximum Gasteiger partial charge on any atom is 0.205 e. The molecule has 1 aromatic heterocycles. The van der Waals surface area contributed by atoms with E-state index < -0.39 is 9.99 Å². The van der Waals surface area contributed by atoms with Gasteiger partial charge in [-0.3, -0.25) is 9.27 Å². The van der Waals surface area contributed by atoms with Crippen LogP contribution in [0.25, 0.3) is 0 Å². The zero-order valence-electron chi connectivity index (χ0n) is 5.98. The second-order valence-electron chi connectivity index (χ2n) is 1.88. The molecular weight excluding hydrogens is 166 g/mol. The lowest BCUT2D eigenvalue weighted by Gasteiger charge is -2.01. The number of rotatable bonds is 2. The Kier molecular flexibility index (Phi) is 2.21. The Balaban J connectivity index is 2.80. The van der Waals surface area contributed by atoms with Crippen LogP contribution in [0.2, 0.25) is 0 Å². The third kappa shape index (κ3) is 2.28. The van der Waals surface area contributed by atoms with Crippen LogP contribution in [0.5, 0.6) is 0 Å². The van der Waals surface area contributed by atoms with Gasteiger partial charge in [0.05, 0.1) is 6.26 Å². The summed E-state index contributed by atoms with van der Waals surface area (Å²) in [6, 6.07) is 3.20. The van der Waals surface area contributed by atoms with Crippen molar-refractivity contribution in [2.75, 3.05) is 4.72 Å². The van der Waals surface area contributed by atoms with Crippen LogP contribution in [0.4, 0.5) is 5.88 Å². The second kappa shape index (κ2) is 2.98. The second-order valence-corrected chi connectivity index (χ2v) is 3.70. The van der Waals surface area contributed by atoms with E-state index in [-0.39, 0.29) is 5.88 Å². The van der Waals surface area contributed by atoms with E-state index in [1.165, 1.54) is 18.6 Å². The predicted molar refractivity (Wildman–Crippen MR) is 44.8 cm³/mol. The van der Waals surface area contributed by atoms with Gasteiger partial charge in [-0.15, -0.1) is 0 Å². The van der Waals surface area contributed by atoms with Crippen LogP contribution in [0.3, 0.4) is 0 Å². The standard InChI is InChI=1S/C6H9NO3S/c1-2-11(8,9)7-6-4-3-5-10-6/h2-5H,1H3,(H2,7,8,9). The molecule has 0 saturated carbocycles. The molecule has 0 bridgehead atoms. The highest BCUT2D eigenvalue weighted by molar-refractivity contribution is 7.97. The third-order valence-electron chi connectivity index (χ3n) is 1.09. The van der Waals surface area contributed by atoms with Crippen LogP contribution < -0.4 is 4.72 Å². The van der Waals surface area contributed by atoms with Crippen molar-refractivity contribution in [3.63, 3.8) is 0 Å². The number of hydrogen-bond donors (Lipinski definition) is 2. The molecule has 0 spiro atoms. The smallest absolute Gasteiger partial charge is 0.205 e. The maximum absolute atomic E-state index is 11.0. The van der Waals surface area contributed by atoms with Crippen molar-refractivity contribution in [2.24, 2.45) is 0 Å². The van der Waals surface area contributed by atoms with Crippen LogP contribution in [-0.4, -0.2) is 14.1 Å². The molecule has 0 fully saturated rings. The highest BCUT2D eigenvalue weighted by Gasteiger charge is 2.00. The van der Waals surface area contributed by atoms with E-state index in [4.69, 9.17) is 8.97 Å². The van der Waals surface area contributed by atoms with E-state index >= 15 is 0 Å². The average Bonchev–Trinajstić information content (AvgIpc) is 2.39. The van der Waals surface area contributed by atoms with E-state index in [1.807, 2.05) is 0 Å². The monoisotopic (exact) mass is 175 g/mol. The minimum atomic E-state index is -3.06. The molecular formula is C6H9NO3S. The van der Waals surface area contributed by atoms with Gasteiger partial charge in [0.2, 0.25) is 5.88 Å². The van der Waals surface area contributed by atoms with E-state index in [2.05, 4.69) is 4.72 Å². The summed E-state index contributed by atoms with van der Waals surface area (Å²) in [5.74, 6) is 0.288. The van der Waals surface area contributed by atoms with E-state index in [0.29, 0.717) is 0 Å². The number of furan rings is 1. The molecule has 1 heterocycles. The van der Waals surface area contributed by atoms with Crippen molar-refractivity contribution in [1.82, 2.24) is 0 Å². The molecule has 2 N–H and O–H groups in total. The zero-order valence-corrected chi connectivity index (χ0v) is 6.80. The normalized spacial score (nSPS) is 15.5. The fourth-order valence-electron chi connectivity index (χ4n) is 0.540. The fraction of sp³-hybridized carbons (Fsp3) is 0.167. The van der Waals surface area contributed by atoms with Crippen LogP contribution in [0.15, 0.2) is 22.8 Å². The van der Waals surface area contributed by atoms with Crippen LogP contribution in [-0.2, 0) is 9.99 Å². The summed E-state index contributed by atoms with van der Waals surface area (Å²) in [6.45, 7) is 1.50. The molecule has 1 rings (SSSR count). The van der Waals surface area contributed by atoms with Crippen molar-refractivity contribution in [1.29, 1.82) is 0 Å². The highest BCUT2D eigenvalue weighted by Crippen LogP contribution is 2.07. The van der Waals surface area contributed by atoms with Gasteiger partial charge in [-0.25, -0.2) is 4.21 Å². The molecule has 0 aliphatic carbocycles. The Morgan fingerprint density at radius 2 is 2.55 bits per heavy atom. The predicted octanol–water partition coefficient (Wildman–Crippen LogP) is 1.19. The summed E-state index contributed by atoms with van der Waals surface area (Å²) >= 11 is 0. The first kappa shape index (κ1) is 8.16. The minimum absolute atomic E-state index is 0.288. The van der Waals surface area contributed by atoms with E-state index in [1.54, 1.807) is 12.1 Å². The molecule has 0 amide bonds.